The third kappa shape index (κ3) is 3.54. The Balaban J connectivity index is 2.08. The van der Waals surface area contributed by atoms with E-state index in [9.17, 15) is 4.79 Å². The van der Waals surface area contributed by atoms with Crippen LogP contribution in [0.1, 0.15) is 11.3 Å². The number of benzene rings is 1. The SMILES string of the molecule is Cc1ccccc1NC(=O)Nc1ccc(Br)nc1C. The van der Waals surface area contributed by atoms with Crippen molar-refractivity contribution in [3.05, 3.63) is 52.3 Å². The maximum absolute atomic E-state index is 11.9. The first-order valence-corrected chi connectivity index (χ1v) is 6.62. The summed E-state index contributed by atoms with van der Waals surface area (Å²) in [5, 5.41) is 5.59. The normalized spacial score (nSPS) is 10.1. The molecule has 0 aliphatic rings. The van der Waals surface area contributed by atoms with Gasteiger partial charge in [-0.25, -0.2) is 9.78 Å². The van der Waals surface area contributed by atoms with E-state index in [1.807, 2.05) is 44.2 Å². The smallest absolute Gasteiger partial charge is 0.307 e. The average molecular weight is 320 g/mol. The number of pyridine rings is 1. The third-order valence-electron chi connectivity index (χ3n) is 2.69. The standard InChI is InChI=1S/C14H14BrN3O/c1-9-5-3-4-6-11(9)17-14(19)18-12-7-8-13(15)16-10(12)2/h3-8H,1-2H3,(H2,17,18,19). The van der Waals surface area contributed by atoms with Crippen molar-refractivity contribution in [3.63, 3.8) is 0 Å². The number of para-hydroxylation sites is 1. The predicted molar refractivity (Wildman–Crippen MR) is 80.5 cm³/mol. The number of aromatic nitrogens is 1. The minimum atomic E-state index is -0.276. The Hall–Kier alpha value is -1.88. The lowest BCUT2D eigenvalue weighted by Gasteiger charge is -2.11. The average Bonchev–Trinajstić information content (AvgIpc) is 2.36. The van der Waals surface area contributed by atoms with E-state index in [-0.39, 0.29) is 6.03 Å². The maximum atomic E-state index is 11.9. The molecule has 0 saturated carbocycles. The van der Waals surface area contributed by atoms with Gasteiger partial charge in [0.25, 0.3) is 0 Å². The van der Waals surface area contributed by atoms with Crippen LogP contribution in [0.15, 0.2) is 41.0 Å². The summed E-state index contributed by atoms with van der Waals surface area (Å²) < 4.78 is 0.745. The summed E-state index contributed by atoms with van der Waals surface area (Å²) >= 11 is 3.29. The van der Waals surface area contributed by atoms with E-state index in [1.165, 1.54) is 0 Å². The van der Waals surface area contributed by atoms with Gasteiger partial charge in [-0.2, -0.15) is 0 Å². The van der Waals surface area contributed by atoms with Crippen molar-refractivity contribution in [1.82, 2.24) is 4.98 Å². The molecule has 0 saturated heterocycles. The molecule has 2 amide bonds. The van der Waals surface area contributed by atoms with E-state index in [0.29, 0.717) is 5.69 Å². The van der Waals surface area contributed by atoms with Crippen LogP contribution in [0.2, 0.25) is 0 Å². The molecule has 0 spiro atoms. The number of urea groups is 1. The van der Waals surface area contributed by atoms with Crippen LogP contribution in [0, 0.1) is 13.8 Å². The molecule has 19 heavy (non-hydrogen) atoms. The Labute approximate surface area is 120 Å². The number of halogens is 1. The second-order valence-electron chi connectivity index (χ2n) is 4.16. The molecule has 98 valence electrons. The minimum absolute atomic E-state index is 0.276. The fourth-order valence-electron chi connectivity index (χ4n) is 1.65. The molecule has 4 nitrogen and oxygen atoms in total. The highest BCUT2D eigenvalue weighted by atomic mass is 79.9. The van der Waals surface area contributed by atoms with Crippen LogP contribution in [0.5, 0.6) is 0 Å². The van der Waals surface area contributed by atoms with Gasteiger partial charge in [0.05, 0.1) is 11.4 Å². The minimum Gasteiger partial charge on any atom is -0.307 e. The molecule has 1 heterocycles. The topological polar surface area (TPSA) is 54.0 Å². The molecule has 0 bridgehead atoms. The fraction of sp³-hybridized carbons (Fsp3) is 0.143. The Morgan fingerprint density at radius 1 is 1.05 bits per heavy atom. The zero-order valence-electron chi connectivity index (χ0n) is 10.7. The lowest BCUT2D eigenvalue weighted by Crippen LogP contribution is -2.20. The van der Waals surface area contributed by atoms with Crippen LogP contribution in [-0.4, -0.2) is 11.0 Å². The maximum Gasteiger partial charge on any atom is 0.323 e. The first-order chi connectivity index (χ1) is 9.06. The number of nitrogens with zero attached hydrogens (tertiary/aromatic N) is 1. The molecule has 2 aromatic rings. The second kappa shape index (κ2) is 5.84. The Bertz CT molecular complexity index is 613. The van der Waals surface area contributed by atoms with Crippen LogP contribution in [0.3, 0.4) is 0 Å². The van der Waals surface area contributed by atoms with Crippen molar-refractivity contribution < 1.29 is 4.79 Å². The highest BCUT2D eigenvalue weighted by Crippen LogP contribution is 2.17. The van der Waals surface area contributed by atoms with E-state index in [0.717, 1.165) is 21.5 Å². The van der Waals surface area contributed by atoms with Gasteiger partial charge in [0.2, 0.25) is 0 Å². The van der Waals surface area contributed by atoms with Gasteiger partial charge in [-0.1, -0.05) is 18.2 Å². The fourth-order valence-corrected chi connectivity index (χ4v) is 2.05. The molecule has 0 radical (unpaired) electrons. The van der Waals surface area contributed by atoms with Gasteiger partial charge in [-0.3, -0.25) is 0 Å². The number of carbonyl (C=O) groups is 1. The molecule has 1 aromatic carbocycles. The van der Waals surface area contributed by atoms with Crippen molar-refractivity contribution in [1.29, 1.82) is 0 Å². The zero-order chi connectivity index (χ0) is 13.8. The van der Waals surface area contributed by atoms with E-state index in [4.69, 9.17) is 0 Å². The predicted octanol–water partition coefficient (Wildman–Crippen LogP) is 4.10. The van der Waals surface area contributed by atoms with Gasteiger partial charge in [-0.05, 0) is 53.5 Å². The van der Waals surface area contributed by atoms with E-state index in [1.54, 1.807) is 6.07 Å². The zero-order valence-corrected chi connectivity index (χ0v) is 12.3. The van der Waals surface area contributed by atoms with Crippen molar-refractivity contribution >= 4 is 33.3 Å². The molecule has 0 aliphatic carbocycles. The van der Waals surface area contributed by atoms with Gasteiger partial charge >= 0.3 is 6.03 Å². The summed E-state index contributed by atoms with van der Waals surface area (Å²) in [4.78, 5) is 16.1. The summed E-state index contributed by atoms with van der Waals surface area (Å²) in [6, 6.07) is 10.9. The Kier molecular flexibility index (Phi) is 4.16. The second-order valence-corrected chi connectivity index (χ2v) is 4.97. The summed E-state index contributed by atoms with van der Waals surface area (Å²) in [5.41, 5.74) is 3.26. The van der Waals surface area contributed by atoms with Gasteiger partial charge < -0.3 is 10.6 Å². The number of aryl methyl sites for hydroxylation is 2. The number of carbonyl (C=O) groups excluding carboxylic acids is 1. The summed E-state index contributed by atoms with van der Waals surface area (Å²) in [7, 11) is 0. The summed E-state index contributed by atoms with van der Waals surface area (Å²) in [5.74, 6) is 0. The number of rotatable bonds is 2. The molecule has 0 aliphatic heterocycles. The van der Waals surface area contributed by atoms with Crippen LogP contribution >= 0.6 is 15.9 Å². The number of nitrogens with one attached hydrogen (secondary N) is 2. The van der Waals surface area contributed by atoms with E-state index in [2.05, 4.69) is 31.5 Å². The lowest BCUT2D eigenvalue weighted by atomic mass is 10.2. The summed E-state index contributed by atoms with van der Waals surface area (Å²) in [6.45, 7) is 3.79. The Morgan fingerprint density at radius 3 is 2.42 bits per heavy atom. The third-order valence-corrected chi connectivity index (χ3v) is 3.13. The highest BCUT2D eigenvalue weighted by Gasteiger charge is 2.07. The van der Waals surface area contributed by atoms with Crippen LogP contribution < -0.4 is 10.6 Å². The lowest BCUT2D eigenvalue weighted by molar-refractivity contribution is 0.262. The van der Waals surface area contributed by atoms with Gasteiger partial charge in [0.15, 0.2) is 0 Å². The summed E-state index contributed by atoms with van der Waals surface area (Å²) in [6.07, 6.45) is 0. The first-order valence-electron chi connectivity index (χ1n) is 5.83. The molecule has 0 fully saturated rings. The quantitative estimate of drug-likeness (QED) is 0.818. The monoisotopic (exact) mass is 319 g/mol. The molecule has 0 atom stereocenters. The first kappa shape index (κ1) is 13.5. The highest BCUT2D eigenvalue weighted by molar-refractivity contribution is 9.10. The Morgan fingerprint density at radius 2 is 1.74 bits per heavy atom. The van der Waals surface area contributed by atoms with Gasteiger partial charge in [-0.15, -0.1) is 0 Å². The largest absolute Gasteiger partial charge is 0.323 e. The van der Waals surface area contributed by atoms with Crippen LogP contribution in [0.4, 0.5) is 16.2 Å². The molecule has 1 aromatic heterocycles. The number of anilines is 2. The van der Waals surface area contributed by atoms with Crippen LogP contribution in [-0.2, 0) is 0 Å². The molecular weight excluding hydrogens is 306 g/mol. The van der Waals surface area contributed by atoms with Crippen molar-refractivity contribution in [2.45, 2.75) is 13.8 Å². The number of amides is 2. The van der Waals surface area contributed by atoms with E-state index < -0.39 is 0 Å². The molecule has 2 rings (SSSR count). The van der Waals surface area contributed by atoms with Crippen LogP contribution in [0.25, 0.3) is 0 Å². The van der Waals surface area contributed by atoms with Gasteiger partial charge in [0.1, 0.15) is 4.60 Å². The molecular formula is C14H14BrN3O. The van der Waals surface area contributed by atoms with Crippen molar-refractivity contribution in [2.24, 2.45) is 0 Å². The molecule has 0 unspecified atom stereocenters. The number of hydrogen-bond acceptors (Lipinski definition) is 2. The van der Waals surface area contributed by atoms with Crippen molar-refractivity contribution in [2.75, 3.05) is 10.6 Å². The molecule has 5 heteroatoms. The number of hydrogen-bond donors (Lipinski definition) is 2. The van der Waals surface area contributed by atoms with E-state index >= 15 is 0 Å². The van der Waals surface area contributed by atoms with Crippen molar-refractivity contribution in [3.8, 4) is 0 Å². The van der Waals surface area contributed by atoms with Gasteiger partial charge in [0, 0.05) is 5.69 Å². The molecule has 2 N–H and O–H groups in total.